The van der Waals surface area contributed by atoms with Crippen molar-refractivity contribution < 1.29 is 8.42 Å². The molecular formula is C16H13N3O2S2. The molecule has 0 amide bonds. The number of thiazole rings is 1. The van der Waals surface area contributed by atoms with Crippen LogP contribution in [0.25, 0.3) is 22.3 Å². The van der Waals surface area contributed by atoms with Crippen molar-refractivity contribution in [1.29, 1.82) is 5.26 Å². The molecule has 0 bridgehead atoms. The molecule has 2 heterocycles. The maximum Gasteiger partial charge on any atom is 0.194 e. The number of fused-ring (bicyclic) bond motifs is 1. The molecule has 7 heteroatoms. The number of hydrogen-bond donors (Lipinski definition) is 0. The number of imidazole rings is 1. The minimum Gasteiger partial charge on any atom is -0.290 e. The van der Waals surface area contributed by atoms with Gasteiger partial charge in [-0.15, -0.1) is 11.3 Å². The summed E-state index contributed by atoms with van der Waals surface area (Å²) in [5.41, 5.74) is 3.25. The molecule has 0 aliphatic rings. The van der Waals surface area contributed by atoms with Crippen molar-refractivity contribution in [3.63, 3.8) is 0 Å². The van der Waals surface area contributed by atoms with E-state index >= 15 is 0 Å². The molecule has 0 radical (unpaired) electrons. The van der Waals surface area contributed by atoms with Gasteiger partial charge in [-0.25, -0.2) is 13.4 Å². The number of rotatable bonds is 3. The van der Waals surface area contributed by atoms with Crippen molar-refractivity contribution in [2.45, 2.75) is 6.92 Å². The topological polar surface area (TPSA) is 75.2 Å². The highest BCUT2D eigenvalue weighted by Gasteiger charge is 2.17. The molecule has 0 aliphatic carbocycles. The normalized spacial score (nSPS) is 12.5. The highest BCUT2D eigenvalue weighted by atomic mass is 32.2. The number of aryl methyl sites for hydroxylation is 1. The van der Waals surface area contributed by atoms with E-state index in [4.69, 9.17) is 5.26 Å². The van der Waals surface area contributed by atoms with Gasteiger partial charge in [0.1, 0.15) is 11.0 Å². The highest BCUT2D eigenvalue weighted by Crippen LogP contribution is 2.29. The first kappa shape index (κ1) is 15.5. The Kier molecular flexibility index (Phi) is 3.80. The van der Waals surface area contributed by atoms with E-state index in [1.165, 1.54) is 17.4 Å². The van der Waals surface area contributed by atoms with E-state index in [-0.39, 0.29) is 4.91 Å². The molecule has 0 spiro atoms. The molecule has 0 saturated heterocycles. The first-order valence-electron chi connectivity index (χ1n) is 6.74. The highest BCUT2D eigenvalue weighted by molar-refractivity contribution is 7.95. The molecule has 23 heavy (non-hydrogen) atoms. The number of nitriles is 1. The third-order valence-corrected chi connectivity index (χ3v) is 5.17. The van der Waals surface area contributed by atoms with Crippen molar-refractivity contribution >= 4 is 32.2 Å². The third-order valence-electron chi connectivity index (χ3n) is 3.40. The number of nitrogens with zero attached hydrogens (tertiary/aromatic N) is 3. The lowest BCUT2D eigenvalue weighted by Gasteiger charge is -2.02. The minimum absolute atomic E-state index is 0.279. The molecule has 116 valence electrons. The van der Waals surface area contributed by atoms with Crippen LogP contribution in [0.15, 0.2) is 40.7 Å². The van der Waals surface area contributed by atoms with Gasteiger partial charge in [0.25, 0.3) is 0 Å². The van der Waals surface area contributed by atoms with Gasteiger partial charge in [-0.05, 0) is 13.0 Å². The standard InChI is InChI=1S/C16H13N3O2S2/c1-11-3-5-12(6-4-11)15-14(9-13(10-17)23(2,20)21)19-7-8-22-16(19)18-15/h3-9H,1-2H3/b13-9+. The monoisotopic (exact) mass is 343 g/mol. The number of benzene rings is 1. The van der Waals surface area contributed by atoms with Gasteiger partial charge in [0.05, 0.1) is 11.4 Å². The van der Waals surface area contributed by atoms with Gasteiger partial charge in [-0.1, -0.05) is 29.8 Å². The molecule has 2 aromatic heterocycles. The molecule has 3 aromatic rings. The Hall–Kier alpha value is -2.43. The lowest BCUT2D eigenvalue weighted by atomic mass is 10.1. The van der Waals surface area contributed by atoms with Gasteiger partial charge < -0.3 is 0 Å². The van der Waals surface area contributed by atoms with Crippen LogP contribution in [0.2, 0.25) is 0 Å². The zero-order valence-electron chi connectivity index (χ0n) is 12.5. The van der Waals surface area contributed by atoms with Crippen LogP contribution in [0.4, 0.5) is 0 Å². The molecule has 0 fully saturated rings. The third kappa shape index (κ3) is 2.91. The Morgan fingerprint density at radius 2 is 2.04 bits per heavy atom. The summed E-state index contributed by atoms with van der Waals surface area (Å²) in [5, 5.41) is 11.0. The SMILES string of the molecule is Cc1ccc(-c2nc3sccn3c2/C=C(\C#N)S(C)(=O)=O)cc1. The van der Waals surface area contributed by atoms with E-state index in [1.807, 2.05) is 42.8 Å². The molecule has 0 aliphatic heterocycles. The summed E-state index contributed by atoms with van der Waals surface area (Å²) in [4.78, 5) is 5.04. The summed E-state index contributed by atoms with van der Waals surface area (Å²) in [7, 11) is -3.59. The van der Waals surface area contributed by atoms with Crippen molar-refractivity contribution in [2.75, 3.05) is 6.26 Å². The lowest BCUT2D eigenvalue weighted by Crippen LogP contribution is -1.99. The fraction of sp³-hybridized carbons (Fsp3) is 0.125. The lowest BCUT2D eigenvalue weighted by molar-refractivity contribution is 0.609. The van der Waals surface area contributed by atoms with Crippen molar-refractivity contribution in [3.05, 3.63) is 52.0 Å². The number of hydrogen-bond acceptors (Lipinski definition) is 5. The molecule has 1 aromatic carbocycles. The smallest absolute Gasteiger partial charge is 0.194 e. The van der Waals surface area contributed by atoms with E-state index in [0.29, 0.717) is 11.4 Å². The number of allylic oxidation sites excluding steroid dienone is 1. The predicted octanol–water partition coefficient (Wildman–Crippen LogP) is 3.28. The first-order valence-corrected chi connectivity index (χ1v) is 9.51. The van der Waals surface area contributed by atoms with Crippen LogP contribution in [0.1, 0.15) is 11.3 Å². The summed E-state index contributed by atoms with van der Waals surface area (Å²) in [6.45, 7) is 1.99. The molecule has 0 unspecified atom stereocenters. The summed E-state index contributed by atoms with van der Waals surface area (Å²) in [6, 6.07) is 9.57. The van der Waals surface area contributed by atoms with Gasteiger partial charge >= 0.3 is 0 Å². The summed E-state index contributed by atoms with van der Waals surface area (Å²) in [5.74, 6) is 0. The van der Waals surface area contributed by atoms with Crippen LogP contribution in [-0.2, 0) is 9.84 Å². The van der Waals surface area contributed by atoms with Crippen molar-refractivity contribution in [3.8, 4) is 17.3 Å². The molecule has 5 nitrogen and oxygen atoms in total. The number of sulfone groups is 1. The van der Waals surface area contributed by atoms with Crippen molar-refractivity contribution in [2.24, 2.45) is 0 Å². The van der Waals surface area contributed by atoms with Gasteiger partial charge in [0.2, 0.25) is 0 Å². The average molecular weight is 343 g/mol. The maximum absolute atomic E-state index is 11.7. The average Bonchev–Trinajstić information content (AvgIpc) is 3.06. The van der Waals surface area contributed by atoms with E-state index in [0.717, 1.165) is 22.3 Å². The largest absolute Gasteiger partial charge is 0.290 e. The Morgan fingerprint density at radius 1 is 1.35 bits per heavy atom. The van der Waals surface area contributed by atoms with Gasteiger partial charge in [-0.2, -0.15) is 5.26 Å². The van der Waals surface area contributed by atoms with E-state index < -0.39 is 9.84 Å². The second-order valence-corrected chi connectivity index (χ2v) is 8.02. The van der Waals surface area contributed by atoms with Gasteiger partial charge in [0, 0.05) is 23.4 Å². The minimum atomic E-state index is -3.59. The maximum atomic E-state index is 11.7. The second kappa shape index (κ2) is 5.65. The molecule has 3 rings (SSSR count). The van der Waals surface area contributed by atoms with Gasteiger partial charge in [0.15, 0.2) is 14.8 Å². The fourth-order valence-electron chi connectivity index (χ4n) is 2.21. The Bertz CT molecular complexity index is 1050. The Labute approximate surface area is 138 Å². The quantitative estimate of drug-likeness (QED) is 0.684. The predicted molar refractivity (Wildman–Crippen MR) is 91.7 cm³/mol. The van der Waals surface area contributed by atoms with Crippen LogP contribution < -0.4 is 0 Å². The van der Waals surface area contributed by atoms with E-state index in [2.05, 4.69) is 4.98 Å². The van der Waals surface area contributed by atoms with Crippen LogP contribution in [0, 0.1) is 18.3 Å². The van der Waals surface area contributed by atoms with Crippen molar-refractivity contribution in [1.82, 2.24) is 9.38 Å². The van der Waals surface area contributed by atoms with Gasteiger partial charge in [-0.3, -0.25) is 4.40 Å². The van der Waals surface area contributed by atoms with E-state index in [9.17, 15) is 8.42 Å². The van der Waals surface area contributed by atoms with Crippen LogP contribution in [0.3, 0.4) is 0 Å². The number of aromatic nitrogens is 2. The van der Waals surface area contributed by atoms with Crippen LogP contribution in [-0.4, -0.2) is 24.1 Å². The summed E-state index contributed by atoms with van der Waals surface area (Å²) in [6.07, 6.45) is 4.23. The fourth-order valence-corrected chi connectivity index (χ4v) is 3.42. The molecule has 0 N–H and O–H groups in total. The zero-order chi connectivity index (χ0) is 16.6. The summed E-state index contributed by atoms with van der Waals surface area (Å²) >= 11 is 1.45. The zero-order valence-corrected chi connectivity index (χ0v) is 14.1. The molecule has 0 atom stereocenters. The second-order valence-electron chi connectivity index (χ2n) is 5.16. The molecule has 0 saturated carbocycles. The molecular weight excluding hydrogens is 330 g/mol. The first-order chi connectivity index (χ1) is 10.9. The Morgan fingerprint density at radius 3 is 2.65 bits per heavy atom. The van der Waals surface area contributed by atoms with Crippen LogP contribution >= 0.6 is 11.3 Å². The summed E-state index contributed by atoms with van der Waals surface area (Å²) < 4.78 is 25.3. The van der Waals surface area contributed by atoms with E-state index in [1.54, 1.807) is 10.5 Å². The van der Waals surface area contributed by atoms with Crippen LogP contribution in [0.5, 0.6) is 0 Å². The Balaban J connectivity index is 2.29.